The van der Waals surface area contributed by atoms with E-state index in [1.54, 1.807) is 35.6 Å². The largest absolute Gasteiger partial charge is 0.508 e. The monoisotopic (exact) mass is 312 g/mol. The minimum absolute atomic E-state index is 0.0649. The van der Waals surface area contributed by atoms with Gasteiger partial charge in [0.1, 0.15) is 5.75 Å². The Morgan fingerprint density at radius 1 is 1.32 bits per heavy atom. The van der Waals surface area contributed by atoms with Crippen LogP contribution < -0.4 is 10.6 Å². The summed E-state index contributed by atoms with van der Waals surface area (Å²) in [6.45, 7) is 0.826. The molecule has 0 radical (unpaired) electrons. The summed E-state index contributed by atoms with van der Waals surface area (Å²) in [6, 6.07) is 8.65. The summed E-state index contributed by atoms with van der Waals surface area (Å²) in [5.74, 6) is 0.139. The summed E-state index contributed by atoms with van der Waals surface area (Å²) >= 11 is 1.61. The molecular weight excluding hydrogens is 296 g/mol. The maximum atomic E-state index is 12.0. The molecule has 2 heterocycles. The lowest BCUT2D eigenvalue weighted by Gasteiger charge is -2.06. The minimum Gasteiger partial charge on any atom is -0.508 e. The van der Waals surface area contributed by atoms with Crippen LogP contribution in [0.1, 0.15) is 10.4 Å². The summed E-state index contributed by atoms with van der Waals surface area (Å²) in [5.41, 5.74) is 2.86. The van der Waals surface area contributed by atoms with E-state index in [2.05, 4.69) is 16.7 Å². The molecule has 0 unspecified atom stereocenters. The number of thiophene rings is 1. The van der Waals surface area contributed by atoms with Crippen LogP contribution in [0.4, 0.5) is 5.69 Å². The number of phenolic OH excluding ortho intramolecular Hbond substituents is 1. The highest BCUT2D eigenvalue weighted by molar-refractivity contribution is 7.11. The smallest absolute Gasteiger partial charge is 0.228 e. The van der Waals surface area contributed by atoms with E-state index in [0.29, 0.717) is 0 Å². The van der Waals surface area contributed by atoms with Gasteiger partial charge in [-0.1, -0.05) is 18.2 Å². The van der Waals surface area contributed by atoms with E-state index in [1.807, 2.05) is 23.7 Å². The normalized spacial score (nSPS) is 13.4. The second kappa shape index (κ2) is 6.49. The van der Waals surface area contributed by atoms with Crippen molar-refractivity contribution in [3.8, 4) is 5.75 Å². The Balaban J connectivity index is 1.62. The van der Waals surface area contributed by atoms with Crippen molar-refractivity contribution in [3.05, 3.63) is 64.5 Å². The van der Waals surface area contributed by atoms with Gasteiger partial charge in [0.25, 0.3) is 0 Å². The van der Waals surface area contributed by atoms with Crippen LogP contribution in [0.3, 0.4) is 0 Å². The average Bonchev–Trinajstić information content (AvgIpc) is 2.99. The molecule has 3 N–H and O–H groups in total. The number of hydrogen-bond donors (Lipinski definition) is 3. The van der Waals surface area contributed by atoms with Crippen molar-refractivity contribution < 1.29 is 9.90 Å². The Kier molecular flexibility index (Phi) is 4.25. The van der Waals surface area contributed by atoms with Gasteiger partial charge in [0, 0.05) is 16.8 Å². The molecule has 5 heteroatoms. The maximum Gasteiger partial charge on any atom is 0.228 e. The summed E-state index contributed by atoms with van der Waals surface area (Å²) in [7, 11) is 0. The summed E-state index contributed by atoms with van der Waals surface area (Å²) in [6.07, 6.45) is 6.36. The van der Waals surface area contributed by atoms with Gasteiger partial charge in [-0.2, -0.15) is 0 Å². The Bertz CT molecular complexity index is 729. The molecule has 0 bridgehead atoms. The first-order valence-electron chi connectivity index (χ1n) is 6.97. The second-order valence-corrected chi connectivity index (χ2v) is 5.90. The lowest BCUT2D eigenvalue weighted by Crippen LogP contribution is -2.13. The summed E-state index contributed by atoms with van der Waals surface area (Å²) in [5, 5.41) is 17.2. The van der Waals surface area contributed by atoms with Crippen LogP contribution in [0, 0.1) is 0 Å². The number of phenols is 1. The van der Waals surface area contributed by atoms with Crippen molar-refractivity contribution >= 4 is 28.5 Å². The molecule has 3 rings (SSSR count). The van der Waals surface area contributed by atoms with Crippen LogP contribution >= 0.6 is 11.3 Å². The van der Waals surface area contributed by atoms with Crippen LogP contribution in [0.2, 0.25) is 0 Å². The molecule has 2 aromatic rings. The molecule has 4 nitrogen and oxygen atoms in total. The zero-order valence-corrected chi connectivity index (χ0v) is 12.7. The van der Waals surface area contributed by atoms with Crippen LogP contribution in [0.5, 0.6) is 5.75 Å². The molecule has 0 aliphatic carbocycles. The molecule has 1 aromatic carbocycles. The molecule has 0 saturated carbocycles. The molecule has 0 spiro atoms. The maximum absolute atomic E-state index is 12.0. The molecule has 0 atom stereocenters. The number of allylic oxidation sites excluding steroid dienone is 2. The van der Waals surface area contributed by atoms with Gasteiger partial charge in [-0.15, -0.1) is 11.3 Å². The Morgan fingerprint density at radius 2 is 2.14 bits per heavy atom. The number of dihydropyridines is 1. The average molecular weight is 312 g/mol. The third kappa shape index (κ3) is 3.56. The molecule has 1 aliphatic rings. The molecule has 1 aromatic heterocycles. The molecule has 112 valence electrons. The molecule has 0 saturated heterocycles. The van der Waals surface area contributed by atoms with Gasteiger partial charge in [-0.3, -0.25) is 4.79 Å². The predicted octanol–water partition coefficient (Wildman–Crippen LogP) is 3.14. The second-order valence-electron chi connectivity index (χ2n) is 4.99. The fraction of sp³-hybridized carbons (Fsp3) is 0.118. The number of carbonyl (C=O) groups is 1. The number of carbonyl (C=O) groups excluding carboxylic acids is 1. The zero-order valence-electron chi connectivity index (χ0n) is 11.9. The highest BCUT2D eigenvalue weighted by Crippen LogP contribution is 2.27. The van der Waals surface area contributed by atoms with E-state index in [9.17, 15) is 9.90 Å². The first kappa shape index (κ1) is 14.4. The molecule has 1 aliphatic heterocycles. The summed E-state index contributed by atoms with van der Waals surface area (Å²) in [4.78, 5) is 13.2. The number of nitrogens with one attached hydrogen (secondary N) is 2. The van der Waals surface area contributed by atoms with Crippen molar-refractivity contribution in [2.45, 2.75) is 6.42 Å². The minimum atomic E-state index is -0.0649. The highest BCUT2D eigenvalue weighted by Gasteiger charge is 2.08. The van der Waals surface area contributed by atoms with Gasteiger partial charge in [0.05, 0.1) is 12.1 Å². The van der Waals surface area contributed by atoms with E-state index in [-0.39, 0.29) is 18.1 Å². The molecular formula is C17H16N2O2S. The topological polar surface area (TPSA) is 61.4 Å². The fourth-order valence-electron chi connectivity index (χ4n) is 2.19. The number of anilines is 1. The molecule has 22 heavy (non-hydrogen) atoms. The SMILES string of the molecule is O=C(Cc1ccc(O)cc1)Nc1csc(C2=CCNC=C2)c1. The van der Waals surface area contributed by atoms with Gasteiger partial charge in [-0.05, 0) is 41.6 Å². The third-order valence-electron chi connectivity index (χ3n) is 3.29. The van der Waals surface area contributed by atoms with Gasteiger partial charge in [0.2, 0.25) is 5.91 Å². The first-order valence-corrected chi connectivity index (χ1v) is 7.85. The van der Waals surface area contributed by atoms with Crippen LogP contribution in [-0.2, 0) is 11.2 Å². The van der Waals surface area contributed by atoms with Gasteiger partial charge in [0.15, 0.2) is 0 Å². The quantitative estimate of drug-likeness (QED) is 0.813. The van der Waals surface area contributed by atoms with Gasteiger partial charge in [-0.25, -0.2) is 0 Å². The molecule has 1 amide bonds. The van der Waals surface area contributed by atoms with E-state index in [4.69, 9.17) is 0 Å². The van der Waals surface area contributed by atoms with Crippen LogP contribution in [-0.4, -0.2) is 17.6 Å². The summed E-state index contributed by atoms with van der Waals surface area (Å²) < 4.78 is 0. The van der Waals surface area contributed by atoms with Crippen LogP contribution in [0.25, 0.3) is 5.57 Å². The number of benzene rings is 1. The number of hydrogen-bond acceptors (Lipinski definition) is 4. The van der Waals surface area contributed by atoms with Crippen LogP contribution in [0.15, 0.2) is 54.1 Å². The standard InChI is InChI=1S/C17H16N2O2S/c20-15-3-1-12(2-4-15)9-17(21)19-14-10-16(22-11-14)13-5-7-18-8-6-13/h1-7,10-11,18,20H,8-9H2,(H,19,21). The van der Waals surface area contributed by atoms with E-state index < -0.39 is 0 Å². The van der Waals surface area contributed by atoms with Crippen molar-refractivity contribution in [1.29, 1.82) is 0 Å². The lowest BCUT2D eigenvalue weighted by molar-refractivity contribution is -0.115. The Hall–Kier alpha value is -2.53. The number of amides is 1. The third-order valence-corrected chi connectivity index (χ3v) is 4.27. The number of aromatic hydroxyl groups is 1. The first-order chi connectivity index (χ1) is 10.7. The zero-order chi connectivity index (χ0) is 15.4. The lowest BCUT2D eigenvalue weighted by atomic mass is 10.1. The van der Waals surface area contributed by atoms with E-state index in [1.165, 1.54) is 5.57 Å². The Labute approximate surface area is 132 Å². The van der Waals surface area contributed by atoms with E-state index in [0.717, 1.165) is 22.7 Å². The Morgan fingerprint density at radius 3 is 2.86 bits per heavy atom. The van der Waals surface area contributed by atoms with E-state index >= 15 is 0 Å². The van der Waals surface area contributed by atoms with Gasteiger partial charge < -0.3 is 15.7 Å². The fourth-order valence-corrected chi connectivity index (χ4v) is 3.06. The van der Waals surface area contributed by atoms with Crippen molar-refractivity contribution in [3.63, 3.8) is 0 Å². The van der Waals surface area contributed by atoms with Gasteiger partial charge >= 0.3 is 0 Å². The molecule has 0 fully saturated rings. The number of rotatable bonds is 4. The predicted molar refractivity (Wildman–Crippen MR) is 89.9 cm³/mol. The highest BCUT2D eigenvalue weighted by atomic mass is 32.1. The van der Waals surface area contributed by atoms with Crippen molar-refractivity contribution in [2.24, 2.45) is 0 Å². The van der Waals surface area contributed by atoms with Crippen molar-refractivity contribution in [1.82, 2.24) is 5.32 Å². The van der Waals surface area contributed by atoms with Crippen molar-refractivity contribution in [2.75, 3.05) is 11.9 Å².